The van der Waals surface area contributed by atoms with E-state index in [1.54, 1.807) is 18.2 Å². The fraction of sp³-hybridized carbons (Fsp3) is 0.227. The number of nitrogens with zero attached hydrogens (tertiary/aromatic N) is 2. The molecule has 30 heavy (non-hydrogen) atoms. The van der Waals surface area contributed by atoms with Gasteiger partial charge in [0.1, 0.15) is 11.9 Å². The van der Waals surface area contributed by atoms with Crippen LogP contribution in [-0.2, 0) is 4.79 Å². The van der Waals surface area contributed by atoms with E-state index < -0.39 is 0 Å². The SMILES string of the molecule is COc1ccc(C2Nc3ccccc3C(=O)N2CCCC(=O)Nc2nccs2)cc1. The van der Waals surface area contributed by atoms with E-state index in [-0.39, 0.29) is 18.0 Å². The van der Waals surface area contributed by atoms with Crippen LogP contribution >= 0.6 is 11.3 Å². The lowest BCUT2D eigenvalue weighted by molar-refractivity contribution is -0.116. The molecular formula is C22H22N4O3S. The molecule has 0 bridgehead atoms. The van der Waals surface area contributed by atoms with Gasteiger partial charge in [-0.25, -0.2) is 4.98 Å². The van der Waals surface area contributed by atoms with Gasteiger partial charge in [-0.15, -0.1) is 11.3 Å². The molecular weight excluding hydrogens is 400 g/mol. The smallest absolute Gasteiger partial charge is 0.257 e. The fourth-order valence-electron chi connectivity index (χ4n) is 3.45. The lowest BCUT2D eigenvalue weighted by Crippen LogP contribution is -2.43. The first-order chi connectivity index (χ1) is 14.7. The molecule has 0 spiro atoms. The maximum atomic E-state index is 13.2. The van der Waals surface area contributed by atoms with E-state index in [1.807, 2.05) is 53.9 Å². The molecule has 2 heterocycles. The van der Waals surface area contributed by atoms with Gasteiger partial charge in [0.2, 0.25) is 5.91 Å². The Morgan fingerprint density at radius 2 is 2.03 bits per heavy atom. The molecule has 8 heteroatoms. The molecule has 3 aromatic rings. The van der Waals surface area contributed by atoms with E-state index >= 15 is 0 Å². The van der Waals surface area contributed by atoms with Crippen LogP contribution in [0.15, 0.2) is 60.1 Å². The summed E-state index contributed by atoms with van der Waals surface area (Å²) in [6.07, 6.45) is 2.18. The van der Waals surface area contributed by atoms with Crippen molar-refractivity contribution in [3.8, 4) is 5.75 Å². The molecule has 2 N–H and O–H groups in total. The second kappa shape index (κ2) is 8.96. The Labute approximate surface area is 178 Å². The van der Waals surface area contributed by atoms with Crippen molar-refractivity contribution in [1.82, 2.24) is 9.88 Å². The van der Waals surface area contributed by atoms with Crippen LogP contribution in [-0.4, -0.2) is 35.4 Å². The minimum Gasteiger partial charge on any atom is -0.497 e. The van der Waals surface area contributed by atoms with Gasteiger partial charge in [0.25, 0.3) is 5.91 Å². The number of anilines is 2. The zero-order valence-electron chi connectivity index (χ0n) is 16.5. The number of benzene rings is 2. The predicted octanol–water partition coefficient (Wildman–Crippen LogP) is 4.14. The van der Waals surface area contributed by atoms with Crippen molar-refractivity contribution in [2.45, 2.75) is 19.0 Å². The van der Waals surface area contributed by atoms with Crippen LogP contribution in [0.5, 0.6) is 5.75 Å². The summed E-state index contributed by atoms with van der Waals surface area (Å²) in [5.41, 5.74) is 2.39. The first kappa shape index (κ1) is 19.9. The highest BCUT2D eigenvalue weighted by atomic mass is 32.1. The summed E-state index contributed by atoms with van der Waals surface area (Å²) >= 11 is 1.38. The summed E-state index contributed by atoms with van der Waals surface area (Å²) in [5, 5.41) is 8.63. The van der Waals surface area contributed by atoms with Gasteiger partial charge in [0.05, 0.1) is 12.7 Å². The highest BCUT2D eigenvalue weighted by Gasteiger charge is 2.32. The summed E-state index contributed by atoms with van der Waals surface area (Å²) in [5.74, 6) is 0.598. The molecule has 2 aromatic carbocycles. The van der Waals surface area contributed by atoms with Crippen molar-refractivity contribution < 1.29 is 14.3 Å². The summed E-state index contributed by atoms with van der Waals surface area (Å²) < 4.78 is 5.25. The number of fused-ring (bicyclic) bond motifs is 1. The van der Waals surface area contributed by atoms with Crippen LogP contribution in [0, 0.1) is 0 Å². The summed E-state index contributed by atoms with van der Waals surface area (Å²) in [6, 6.07) is 15.1. The number of carbonyl (C=O) groups excluding carboxylic acids is 2. The van der Waals surface area contributed by atoms with E-state index in [2.05, 4.69) is 15.6 Å². The number of nitrogens with one attached hydrogen (secondary N) is 2. The number of aromatic nitrogens is 1. The Morgan fingerprint density at radius 1 is 1.23 bits per heavy atom. The van der Waals surface area contributed by atoms with E-state index in [0.717, 1.165) is 17.0 Å². The largest absolute Gasteiger partial charge is 0.497 e. The number of hydrogen-bond donors (Lipinski definition) is 2. The van der Waals surface area contributed by atoms with Crippen molar-refractivity contribution in [1.29, 1.82) is 0 Å². The summed E-state index contributed by atoms with van der Waals surface area (Å²) in [7, 11) is 1.62. The Hall–Kier alpha value is -3.39. The zero-order chi connectivity index (χ0) is 20.9. The average molecular weight is 423 g/mol. The highest BCUT2D eigenvalue weighted by Crippen LogP contribution is 2.33. The number of ether oxygens (including phenoxy) is 1. The second-order valence-electron chi connectivity index (χ2n) is 6.85. The Bertz CT molecular complexity index is 1020. The van der Waals surface area contributed by atoms with Crippen LogP contribution in [0.2, 0.25) is 0 Å². The van der Waals surface area contributed by atoms with Gasteiger partial charge in [-0.2, -0.15) is 0 Å². The topological polar surface area (TPSA) is 83.6 Å². The van der Waals surface area contributed by atoms with E-state index in [9.17, 15) is 9.59 Å². The molecule has 154 valence electrons. The van der Waals surface area contributed by atoms with Crippen LogP contribution in [0.1, 0.15) is 34.9 Å². The predicted molar refractivity (Wildman–Crippen MR) is 117 cm³/mol. The van der Waals surface area contributed by atoms with Crippen molar-refractivity contribution in [3.05, 3.63) is 71.2 Å². The molecule has 1 aliphatic rings. The summed E-state index contributed by atoms with van der Waals surface area (Å²) in [6.45, 7) is 0.447. The number of hydrogen-bond acceptors (Lipinski definition) is 6. The van der Waals surface area contributed by atoms with E-state index in [4.69, 9.17) is 4.74 Å². The van der Waals surface area contributed by atoms with Gasteiger partial charge in [-0.05, 0) is 36.2 Å². The van der Waals surface area contributed by atoms with E-state index in [1.165, 1.54) is 11.3 Å². The van der Waals surface area contributed by atoms with Crippen LogP contribution in [0.4, 0.5) is 10.8 Å². The number of methoxy groups -OCH3 is 1. The number of rotatable bonds is 7. The zero-order valence-corrected chi connectivity index (χ0v) is 17.3. The Kier molecular flexibility index (Phi) is 5.94. The molecule has 1 unspecified atom stereocenters. The second-order valence-corrected chi connectivity index (χ2v) is 7.75. The van der Waals surface area contributed by atoms with Gasteiger partial charge < -0.3 is 20.3 Å². The summed E-state index contributed by atoms with van der Waals surface area (Å²) in [4.78, 5) is 31.2. The van der Waals surface area contributed by atoms with Crippen LogP contribution in [0.3, 0.4) is 0 Å². The Balaban J connectivity index is 1.49. The van der Waals surface area contributed by atoms with Crippen molar-refractivity contribution in [2.75, 3.05) is 24.3 Å². The number of thiazole rings is 1. The molecule has 0 fully saturated rings. The average Bonchev–Trinajstić information content (AvgIpc) is 3.28. The quantitative estimate of drug-likeness (QED) is 0.598. The molecule has 0 aliphatic carbocycles. The molecule has 2 amide bonds. The van der Waals surface area contributed by atoms with E-state index in [0.29, 0.717) is 30.1 Å². The van der Waals surface area contributed by atoms with Crippen LogP contribution in [0.25, 0.3) is 0 Å². The van der Waals surface area contributed by atoms with Gasteiger partial charge >= 0.3 is 0 Å². The fourth-order valence-corrected chi connectivity index (χ4v) is 3.99. The van der Waals surface area contributed by atoms with Gasteiger partial charge in [0, 0.05) is 30.2 Å². The van der Waals surface area contributed by atoms with Crippen LogP contribution < -0.4 is 15.4 Å². The van der Waals surface area contributed by atoms with Gasteiger partial charge in [0.15, 0.2) is 5.13 Å². The molecule has 1 aliphatic heterocycles. The van der Waals surface area contributed by atoms with Crippen molar-refractivity contribution in [3.63, 3.8) is 0 Å². The first-order valence-electron chi connectivity index (χ1n) is 9.65. The normalized spacial score (nSPS) is 15.3. The minimum atomic E-state index is -0.319. The molecule has 0 saturated heterocycles. The molecule has 0 radical (unpaired) electrons. The maximum Gasteiger partial charge on any atom is 0.257 e. The lowest BCUT2D eigenvalue weighted by atomic mass is 10.0. The molecule has 1 atom stereocenters. The third kappa shape index (κ3) is 4.28. The number of para-hydroxylation sites is 1. The molecule has 1 aromatic heterocycles. The minimum absolute atomic E-state index is 0.0505. The first-order valence-corrected chi connectivity index (χ1v) is 10.5. The van der Waals surface area contributed by atoms with Gasteiger partial charge in [-0.3, -0.25) is 9.59 Å². The number of amides is 2. The monoisotopic (exact) mass is 422 g/mol. The standard InChI is InChI=1S/C22H22N4O3S/c1-29-16-10-8-15(9-11-16)20-24-18-6-3-2-5-17(18)21(28)26(20)13-4-7-19(27)25-22-23-12-14-30-22/h2-3,5-6,8-12,14,20,24H,4,7,13H2,1H3,(H,23,25,27). The highest BCUT2D eigenvalue weighted by molar-refractivity contribution is 7.13. The lowest BCUT2D eigenvalue weighted by Gasteiger charge is -2.38. The van der Waals surface area contributed by atoms with Crippen molar-refractivity contribution in [2.24, 2.45) is 0 Å². The number of carbonyl (C=O) groups is 2. The third-order valence-corrected chi connectivity index (χ3v) is 5.62. The van der Waals surface area contributed by atoms with Gasteiger partial charge in [-0.1, -0.05) is 24.3 Å². The third-order valence-electron chi connectivity index (χ3n) is 4.94. The molecule has 7 nitrogen and oxygen atoms in total. The van der Waals surface area contributed by atoms with Crippen molar-refractivity contribution >= 4 is 34.0 Å². The molecule has 0 saturated carbocycles. The maximum absolute atomic E-state index is 13.2. The molecule has 4 rings (SSSR count). The Morgan fingerprint density at radius 3 is 2.77 bits per heavy atom.